The van der Waals surface area contributed by atoms with E-state index >= 15 is 0 Å². The van der Waals surface area contributed by atoms with Crippen LogP contribution in [-0.2, 0) is 0 Å². The third-order valence-corrected chi connectivity index (χ3v) is 5.52. The van der Waals surface area contributed by atoms with E-state index in [1.807, 2.05) is 12.1 Å². The second-order valence-electron chi connectivity index (χ2n) is 6.92. The van der Waals surface area contributed by atoms with Gasteiger partial charge in [0.15, 0.2) is 11.6 Å². The Balaban J connectivity index is 1.49. The molecule has 0 aliphatic carbocycles. The first kappa shape index (κ1) is 16.6. The number of rotatable bonds is 3. The summed E-state index contributed by atoms with van der Waals surface area (Å²) in [4.78, 5) is 15.2. The Labute approximate surface area is 158 Å². The number of anilines is 3. The van der Waals surface area contributed by atoms with Crippen molar-refractivity contribution in [2.24, 2.45) is 0 Å². The van der Waals surface area contributed by atoms with Crippen molar-refractivity contribution in [2.45, 2.75) is 12.0 Å². The highest BCUT2D eigenvalue weighted by molar-refractivity contribution is 6.31. The Kier molecular flexibility index (Phi) is 3.66. The van der Waals surface area contributed by atoms with Gasteiger partial charge in [-0.05, 0) is 37.2 Å². The van der Waals surface area contributed by atoms with Crippen molar-refractivity contribution in [2.75, 3.05) is 29.9 Å². The predicted molar refractivity (Wildman–Crippen MR) is 99.5 cm³/mol. The minimum absolute atomic E-state index is 0.0233. The van der Waals surface area contributed by atoms with E-state index in [4.69, 9.17) is 11.6 Å². The van der Waals surface area contributed by atoms with Crippen LogP contribution in [0.1, 0.15) is 6.42 Å². The molecule has 0 saturated carbocycles. The highest BCUT2D eigenvalue weighted by Crippen LogP contribution is 2.35. The van der Waals surface area contributed by atoms with Crippen LogP contribution in [0.5, 0.6) is 0 Å². The SMILES string of the molecule is Fc1ccc(Nc2ncnc3ccc(N4CC5(CCN5)C4)nc23)c(F)c1Cl. The third kappa shape index (κ3) is 2.67. The van der Waals surface area contributed by atoms with Gasteiger partial charge in [-0.15, -0.1) is 0 Å². The van der Waals surface area contributed by atoms with Crippen LogP contribution in [0.4, 0.5) is 26.1 Å². The van der Waals surface area contributed by atoms with Crippen LogP contribution in [0.3, 0.4) is 0 Å². The fourth-order valence-electron chi connectivity index (χ4n) is 3.54. The van der Waals surface area contributed by atoms with Crippen molar-refractivity contribution in [3.05, 3.63) is 47.2 Å². The van der Waals surface area contributed by atoms with Gasteiger partial charge in [-0.2, -0.15) is 0 Å². The van der Waals surface area contributed by atoms with Crippen molar-refractivity contribution < 1.29 is 8.78 Å². The Morgan fingerprint density at radius 3 is 2.70 bits per heavy atom. The van der Waals surface area contributed by atoms with Gasteiger partial charge >= 0.3 is 0 Å². The number of hydrogen-bond donors (Lipinski definition) is 2. The standard InChI is InChI=1S/C18H15ClF2N6/c19-14-10(20)1-2-11(15(14)21)25-17-16-12(22-9-23-17)3-4-13(26-16)27-7-18(8-27)5-6-24-18/h1-4,9,24H,5-8H2,(H,22,23,25). The maximum atomic E-state index is 14.2. The van der Waals surface area contributed by atoms with Gasteiger partial charge in [0.05, 0.1) is 16.7 Å². The van der Waals surface area contributed by atoms with Crippen LogP contribution in [0.2, 0.25) is 5.02 Å². The molecule has 5 rings (SSSR count). The van der Waals surface area contributed by atoms with Crippen molar-refractivity contribution in [3.63, 3.8) is 0 Å². The quantitative estimate of drug-likeness (QED) is 0.671. The Hall–Kier alpha value is -2.58. The van der Waals surface area contributed by atoms with Gasteiger partial charge in [-0.1, -0.05) is 11.6 Å². The molecule has 2 aliphatic heterocycles. The van der Waals surface area contributed by atoms with Gasteiger partial charge < -0.3 is 15.5 Å². The fraction of sp³-hybridized carbons (Fsp3) is 0.278. The maximum absolute atomic E-state index is 14.2. The summed E-state index contributed by atoms with van der Waals surface area (Å²) in [7, 11) is 0. The van der Waals surface area contributed by atoms with E-state index < -0.39 is 16.7 Å². The molecule has 4 heterocycles. The third-order valence-electron chi connectivity index (χ3n) is 5.17. The number of aromatic nitrogens is 3. The summed E-state index contributed by atoms with van der Waals surface area (Å²) >= 11 is 5.66. The summed E-state index contributed by atoms with van der Waals surface area (Å²) in [6.45, 7) is 2.88. The number of fused-ring (bicyclic) bond motifs is 1. The van der Waals surface area contributed by atoms with Crippen molar-refractivity contribution in [1.29, 1.82) is 0 Å². The first-order chi connectivity index (χ1) is 13.0. The minimum Gasteiger partial charge on any atom is -0.353 e. The van der Waals surface area contributed by atoms with E-state index in [9.17, 15) is 8.78 Å². The van der Waals surface area contributed by atoms with E-state index in [2.05, 4.69) is 30.5 Å². The van der Waals surface area contributed by atoms with E-state index in [-0.39, 0.29) is 11.2 Å². The van der Waals surface area contributed by atoms with E-state index in [0.29, 0.717) is 16.9 Å². The summed E-state index contributed by atoms with van der Waals surface area (Å²) in [5.41, 5.74) is 1.40. The highest BCUT2D eigenvalue weighted by atomic mass is 35.5. The summed E-state index contributed by atoms with van der Waals surface area (Å²) in [5, 5.41) is 5.75. The first-order valence-corrected chi connectivity index (χ1v) is 8.95. The number of benzene rings is 1. The van der Waals surface area contributed by atoms with Gasteiger partial charge in [-0.25, -0.2) is 23.7 Å². The topological polar surface area (TPSA) is 66.0 Å². The second kappa shape index (κ2) is 5.97. The molecule has 2 aromatic heterocycles. The normalized spacial score (nSPS) is 17.7. The molecule has 0 unspecified atom stereocenters. The lowest BCUT2D eigenvalue weighted by Gasteiger charge is -2.56. The molecule has 6 nitrogen and oxygen atoms in total. The molecule has 0 atom stereocenters. The predicted octanol–water partition coefficient (Wildman–Crippen LogP) is 3.25. The molecule has 0 bridgehead atoms. The zero-order valence-corrected chi connectivity index (χ0v) is 14.9. The van der Waals surface area contributed by atoms with Crippen molar-refractivity contribution >= 4 is 40.0 Å². The van der Waals surface area contributed by atoms with Crippen LogP contribution in [-0.4, -0.2) is 40.1 Å². The van der Waals surface area contributed by atoms with Crippen LogP contribution in [0.25, 0.3) is 11.0 Å². The first-order valence-electron chi connectivity index (χ1n) is 8.57. The summed E-state index contributed by atoms with van der Waals surface area (Å²) < 4.78 is 27.6. The lowest BCUT2D eigenvalue weighted by Crippen LogP contribution is -2.76. The molecule has 2 saturated heterocycles. The van der Waals surface area contributed by atoms with Crippen LogP contribution in [0.15, 0.2) is 30.6 Å². The van der Waals surface area contributed by atoms with Crippen molar-refractivity contribution in [3.8, 4) is 0 Å². The zero-order chi connectivity index (χ0) is 18.6. The molecule has 27 heavy (non-hydrogen) atoms. The molecule has 138 valence electrons. The minimum atomic E-state index is -0.875. The summed E-state index contributed by atoms with van der Waals surface area (Å²) in [5.74, 6) is -0.540. The molecule has 2 fully saturated rings. The Morgan fingerprint density at radius 2 is 1.96 bits per heavy atom. The average molecular weight is 389 g/mol. The molecular formula is C18H15ClF2N6. The monoisotopic (exact) mass is 388 g/mol. The van der Waals surface area contributed by atoms with E-state index in [1.165, 1.54) is 18.8 Å². The molecule has 1 spiro atoms. The number of nitrogens with zero attached hydrogens (tertiary/aromatic N) is 4. The summed E-state index contributed by atoms with van der Waals surface area (Å²) in [6, 6.07) is 6.15. The summed E-state index contributed by atoms with van der Waals surface area (Å²) in [6.07, 6.45) is 2.55. The number of halogens is 3. The highest BCUT2D eigenvalue weighted by Gasteiger charge is 2.47. The molecule has 0 amide bonds. The fourth-order valence-corrected chi connectivity index (χ4v) is 3.71. The number of nitrogens with one attached hydrogen (secondary N) is 2. The van der Waals surface area contributed by atoms with E-state index in [0.717, 1.165) is 31.5 Å². The lowest BCUT2D eigenvalue weighted by atomic mass is 9.80. The molecule has 3 aromatic rings. The lowest BCUT2D eigenvalue weighted by molar-refractivity contribution is 0.159. The molecule has 1 aromatic carbocycles. The van der Waals surface area contributed by atoms with Crippen molar-refractivity contribution in [1.82, 2.24) is 20.3 Å². The van der Waals surface area contributed by atoms with Crippen LogP contribution in [0, 0.1) is 11.6 Å². The Morgan fingerprint density at radius 1 is 1.15 bits per heavy atom. The van der Waals surface area contributed by atoms with E-state index in [1.54, 1.807) is 0 Å². The van der Waals surface area contributed by atoms with Gasteiger partial charge in [0.1, 0.15) is 28.5 Å². The molecule has 2 aliphatic rings. The molecule has 2 N–H and O–H groups in total. The average Bonchev–Trinajstić information content (AvgIpc) is 2.60. The maximum Gasteiger partial charge on any atom is 0.168 e. The molecular weight excluding hydrogens is 374 g/mol. The smallest absolute Gasteiger partial charge is 0.168 e. The van der Waals surface area contributed by atoms with Gasteiger partial charge in [0, 0.05) is 13.1 Å². The molecule has 0 radical (unpaired) electrons. The van der Waals surface area contributed by atoms with Gasteiger partial charge in [0.2, 0.25) is 0 Å². The number of hydrogen-bond acceptors (Lipinski definition) is 6. The largest absolute Gasteiger partial charge is 0.353 e. The Bertz CT molecular complexity index is 1050. The number of pyridine rings is 1. The van der Waals surface area contributed by atoms with Gasteiger partial charge in [0.25, 0.3) is 0 Å². The second-order valence-corrected chi connectivity index (χ2v) is 7.30. The zero-order valence-electron chi connectivity index (χ0n) is 14.1. The van der Waals surface area contributed by atoms with Crippen LogP contribution >= 0.6 is 11.6 Å². The molecule has 9 heteroatoms. The van der Waals surface area contributed by atoms with Crippen LogP contribution < -0.4 is 15.5 Å². The van der Waals surface area contributed by atoms with Gasteiger partial charge in [-0.3, -0.25) is 0 Å².